The molecule has 3 saturated heterocycles. The number of nitrogens with one attached hydrogen (secondary N) is 3. The number of phenolic OH excluding ortho intramolecular Hbond substituents is 1. The van der Waals surface area contributed by atoms with Gasteiger partial charge in [0.2, 0.25) is 21.8 Å². The standard InChI is InChI=1S/C49H64N8O8S/c1-9-56-40-15-14-31-22-36(40)37(44(56)35-12-10-16-50-42(35)28(2)3)23-49(6,7)27-65-48(62)38-13-11-17-57(53-38)47(61)39(20-30-18-32(31)21-34(58)19-30)52-45(59)43(29(4)5)54(8)46(60)33-25-55(26-33)66(63,64)41-24-51-41/h10,12,14-16,18-19,21-22,28-29,33,38-39,41,43,51,53,58H,9,11,13,17,20,23-27H2,1-8H3,(H,52,59)/t38-,39-,41-,43-/m0/s1. The molecule has 6 bridgehead atoms. The number of aromatic hydroxyl groups is 1. The Morgan fingerprint density at radius 1 is 1.06 bits per heavy atom. The second kappa shape index (κ2) is 18.4. The van der Waals surface area contributed by atoms with E-state index in [1.54, 1.807) is 26.0 Å². The number of esters is 1. The first-order chi connectivity index (χ1) is 31.3. The lowest BCUT2D eigenvalue weighted by Crippen LogP contribution is -2.63. The van der Waals surface area contributed by atoms with E-state index >= 15 is 0 Å². The van der Waals surface area contributed by atoms with Crippen LogP contribution in [0.3, 0.4) is 0 Å². The molecule has 2 aromatic heterocycles. The van der Waals surface area contributed by atoms with E-state index in [1.165, 1.54) is 21.3 Å². The van der Waals surface area contributed by atoms with E-state index in [-0.39, 0.29) is 56.2 Å². The van der Waals surface area contributed by atoms with Gasteiger partial charge in [0.25, 0.3) is 5.91 Å². The molecule has 354 valence electrons. The molecule has 0 unspecified atom stereocenters. The Morgan fingerprint density at radius 2 is 1.80 bits per heavy atom. The minimum atomic E-state index is -3.53. The number of fused-ring (bicyclic) bond motifs is 6. The Morgan fingerprint density at radius 3 is 2.48 bits per heavy atom. The molecule has 4 aliphatic heterocycles. The molecule has 0 radical (unpaired) electrons. The van der Waals surface area contributed by atoms with Crippen molar-refractivity contribution in [3.63, 3.8) is 0 Å². The molecule has 8 rings (SSSR count). The maximum Gasteiger partial charge on any atom is 0.324 e. The fraction of sp³-hybridized carbons (Fsp3) is 0.531. The van der Waals surface area contributed by atoms with E-state index in [9.17, 15) is 32.7 Å². The summed E-state index contributed by atoms with van der Waals surface area (Å²) in [5.41, 5.74) is 9.94. The van der Waals surface area contributed by atoms with E-state index in [4.69, 9.17) is 9.72 Å². The van der Waals surface area contributed by atoms with Crippen LogP contribution in [0.4, 0.5) is 0 Å². The van der Waals surface area contributed by atoms with E-state index in [1.807, 2.05) is 24.4 Å². The van der Waals surface area contributed by atoms with Gasteiger partial charge in [-0.25, -0.2) is 13.8 Å². The van der Waals surface area contributed by atoms with E-state index in [2.05, 4.69) is 73.4 Å². The minimum absolute atomic E-state index is 0.0158. The Balaban J connectivity index is 1.17. The zero-order valence-electron chi connectivity index (χ0n) is 39.3. The van der Waals surface area contributed by atoms with Gasteiger partial charge in [0.15, 0.2) is 0 Å². The number of aromatic nitrogens is 2. The topological polar surface area (TPSA) is 205 Å². The highest BCUT2D eigenvalue weighted by atomic mass is 32.2. The monoisotopic (exact) mass is 924 g/mol. The van der Waals surface area contributed by atoms with Gasteiger partial charge in [0, 0.05) is 74.3 Å². The number of rotatable bonds is 10. The predicted octanol–water partition coefficient (Wildman–Crippen LogP) is 4.54. The van der Waals surface area contributed by atoms with E-state index < -0.39 is 62.6 Å². The van der Waals surface area contributed by atoms with Crippen LogP contribution >= 0.6 is 0 Å². The van der Waals surface area contributed by atoms with Crippen molar-refractivity contribution in [2.75, 3.05) is 39.8 Å². The summed E-state index contributed by atoms with van der Waals surface area (Å²) in [6, 6.07) is 12.5. The van der Waals surface area contributed by atoms with E-state index in [0.29, 0.717) is 37.9 Å². The molecule has 66 heavy (non-hydrogen) atoms. The highest BCUT2D eigenvalue weighted by molar-refractivity contribution is 7.90. The van der Waals surface area contributed by atoms with Crippen molar-refractivity contribution in [3.05, 3.63) is 71.5 Å². The van der Waals surface area contributed by atoms with Gasteiger partial charge in [-0.2, -0.15) is 4.31 Å². The van der Waals surface area contributed by atoms with Crippen LogP contribution in [0, 0.1) is 17.3 Å². The van der Waals surface area contributed by atoms with Crippen LogP contribution in [-0.4, -0.2) is 124 Å². The number of amides is 3. The molecule has 2 aromatic carbocycles. The molecule has 3 fully saturated rings. The van der Waals surface area contributed by atoms with Crippen LogP contribution in [0.5, 0.6) is 5.75 Å². The van der Waals surface area contributed by atoms with Gasteiger partial charge >= 0.3 is 5.97 Å². The van der Waals surface area contributed by atoms with Crippen molar-refractivity contribution >= 4 is 44.6 Å². The molecule has 0 spiro atoms. The maximum absolute atomic E-state index is 14.7. The van der Waals surface area contributed by atoms with Crippen LogP contribution in [0.2, 0.25) is 0 Å². The predicted molar refractivity (Wildman–Crippen MR) is 251 cm³/mol. The number of phenols is 1. The molecule has 4 atom stereocenters. The van der Waals surface area contributed by atoms with Crippen molar-refractivity contribution in [2.24, 2.45) is 17.3 Å². The summed E-state index contributed by atoms with van der Waals surface area (Å²) in [6.07, 6.45) is 3.31. The quantitative estimate of drug-likeness (QED) is 0.128. The van der Waals surface area contributed by atoms with Crippen LogP contribution in [0.25, 0.3) is 33.3 Å². The number of hydrogen-bond acceptors (Lipinski definition) is 11. The molecule has 4 aliphatic rings. The lowest BCUT2D eigenvalue weighted by molar-refractivity contribution is -0.155. The van der Waals surface area contributed by atoms with Gasteiger partial charge in [0.05, 0.1) is 23.9 Å². The number of nitrogens with zero attached hydrogens (tertiary/aromatic N) is 5. The van der Waals surface area contributed by atoms with Gasteiger partial charge in [-0.1, -0.05) is 53.7 Å². The number of carbonyl (C=O) groups is 4. The third-order valence-electron chi connectivity index (χ3n) is 13.4. The maximum atomic E-state index is 14.7. The largest absolute Gasteiger partial charge is 0.508 e. The number of pyridine rings is 1. The van der Waals surface area contributed by atoms with Crippen molar-refractivity contribution in [1.29, 1.82) is 0 Å². The molecular weight excluding hydrogens is 861 g/mol. The second-order valence-electron chi connectivity index (χ2n) is 19.9. The number of hydrogen-bond donors (Lipinski definition) is 4. The summed E-state index contributed by atoms with van der Waals surface area (Å²) in [6.45, 7) is 15.7. The molecule has 6 heterocycles. The van der Waals surface area contributed by atoms with Crippen LogP contribution < -0.4 is 16.1 Å². The van der Waals surface area contributed by atoms with E-state index in [0.717, 1.165) is 44.5 Å². The molecule has 3 amide bonds. The summed E-state index contributed by atoms with van der Waals surface area (Å²) in [7, 11) is -2.00. The number of sulfonamides is 1. The number of carbonyl (C=O) groups excluding carboxylic acids is 4. The van der Waals surface area contributed by atoms with Crippen LogP contribution in [0.15, 0.2) is 54.7 Å². The SMILES string of the molecule is CCn1c(-c2cccnc2C(C)C)c2c3cc(ccc31)-c1cc(O)cc(c1)C[C@H](NC(=O)[C@H](C(C)C)N(C)C(=O)C1CN(S(=O)(=O)[C@H]3CN3)C1)C(=O)N1CCC[C@H](N1)C(=O)OCC(C)(C)C2. The third-order valence-corrected chi connectivity index (χ3v) is 15.5. The normalized spacial score (nSPS) is 22.2. The Hall–Kier alpha value is -5.36. The summed E-state index contributed by atoms with van der Waals surface area (Å²) < 4.78 is 35.2. The average Bonchev–Trinajstić information content (AvgIpc) is 4.08. The fourth-order valence-electron chi connectivity index (χ4n) is 9.94. The highest BCUT2D eigenvalue weighted by Gasteiger charge is 2.49. The number of ether oxygens (including phenoxy) is 1. The van der Waals surface area contributed by atoms with Crippen LogP contribution in [-0.2, 0) is 53.3 Å². The second-order valence-corrected chi connectivity index (χ2v) is 22.0. The minimum Gasteiger partial charge on any atom is -0.508 e. The zero-order chi connectivity index (χ0) is 47.4. The zero-order valence-corrected chi connectivity index (χ0v) is 40.1. The Kier molecular flexibility index (Phi) is 13.1. The highest BCUT2D eigenvalue weighted by Crippen LogP contribution is 2.42. The first-order valence-electron chi connectivity index (χ1n) is 23.2. The van der Waals surface area contributed by atoms with Crippen LogP contribution in [0.1, 0.15) is 84.0 Å². The average molecular weight is 925 g/mol. The van der Waals surface area contributed by atoms with Gasteiger partial charge in [-0.15, -0.1) is 0 Å². The molecule has 17 heteroatoms. The molecule has 0 aliphatic carbocycles. The lowest BCUT2D eigenvalue weighted by Gasteiger charge is -2.41. The number of aryl methyl sites for hydroxylation is 1. The summed E-state index contributed by atoms with van der Waals surface area (Å²) in [5.74, 6) is -2.76. The molecule has 0 saturated carbocycles. The molecular formula is C49H64N8O8S. The van der Waals surface area contributed by atoms with Crippen molar-refractivity contribution < 1.29 is 37.4 Å². The van der Waals surface area contributed by atoms with Gasteiger partial charge < -0.3 is 24.6 Å². The smallest absolute Gasteiger partial charge is 0.324 e. The third kappa shape index (κ3) is 9.31. The molecule has 4 N–H and O–H groups in total. The number of likely N-dealkylation sites (N-methyl/N-ethyl adjacent to an activating group) is 1. The fourth-order valence-corrected chi connectivity index (χ4v) is 11.6. The van der Waals surface area contributed by atoms with Crippen molar-refractivity contribution in [3.8, 4) is 28.1 Å². The number of benzene rings is 2. The number of hydrazine groups is 1. The summed E-state index contributed by atoms with van der Waals surface area (Å²) >= 11 is 0. The Bertz CT molecular complexity index is 2650. The first-order valence-corrected chi connectivity index (χ1v) is 24.8. The first kappa shape index (κ1) is 47.1. The summed E-state index contributed by atoms with van der Waals surface area (Å²) in [4.78, 5) is 63.1. The lowest BCUT2D eigenvalue weighted by atomic mass is 9.83. The van der Waals surface area contributed by atoms with Crippen molar-refractivity contribution in [1.82, 2.24) is 39.8 Å². The number of cyclic esters (lactones) is 1. The molecule has 4 aromatic rings. The van der Waals surface area contributed by atoms with Crippen molar-refractivity contribution in [2.45, 2.75) is 110 Å². The Labute approximate surface area is 387 Å². The summed E-state index contributed by atoms with van der Waals surface area (Å²) in [5, 5.41) is 18.9. The van der Waals surface area contributed by atoms with Gasteiger partial charge in [0.1, 0.15) is 29.2 Å². The van der Waals surface area contributed by atoms with Gasteiger partial charge in [-0.3, -0.25) is 34.5 Å². The van der Waals surface area contributed by atoms with Gasteiger partial charge in [-0.05, 0) is 96.7 Å². The molecule has 16 nitrogen and oxygen atoms in total.